The molecule has 3 rings (SSSR count). The second kappa shape index (κ2) is 6.77. The first kappa shape index (κ1) is 15.5. The summed E-state index contributed by atoms with van der Waals surface area (Å²) in [6.45, 7) is 5.72. The number of thiazole rings is 1. The Balaban J connectivity index is 1.98. The van der Waals surface area contributed by atoms with Gasteiger partial charge in [0.25, 0.3) is 0 Å². The summed E-state index contributed by atoms with van der Waals surface area (Å²) in [5, 5.41) is 13.0. The van der Waals surface area contributed by atoms with E-state index in [1.54, 1.807) is 11.3 Å². The number of benzene rings is 1. The van der Waals surface area contributed by atoms with Gasteiger partial charge in [0.1, 0.15) is 0 Å². The van der Waals surface area contributed by atoms with Crippen molar-refractivity contribution in [2.24, 2.45) is 0 Å². The molecule has 2 aromatic rings. The Morgan fingerprint density at radius 2 is 1.91 bits per heavy atom. The highest BCUT2D eigenvalue weighted by Gasteiger charge is 2.23. The fourth-order valence-corrected chi connectivity index (χ4v) is 3.64. The molecular formula is C17H21BN2OS. The van der Waals surface area contributed by atoms with E-state index in [0.717, 1.165) is 36.6 Å². The third-order valence-corrected chi connectivity index (χ3v) is 4.99. The van der Waals surface area contributed by atoms with Crippen LogP contribution in [0.5, 0.6) is 0 Å². The van der Waals surface area contributed by atoms with Crippen molar-refractivity contribution in [3.8, 4) is 0 Å². The van der Waals surface area contributed by atoms with Crippen molar-refractivity contribution < 1.29 is 5.02 Å². The van der Waals surface area contributed by atoms with Crippen LogP contribution >= 0.6 is 11.3 Å². The van der Waals surface area contributed by atoms with E-state index in [-0.39, 0.29) is 7.05 Å². The Bertz CT molecular complexity index is 656. The summed E-state index contributed by atoms with van der Waals surface area (Å²) in [7, 11) is -0.358. The van der Waals surface area contributed by atoms with Crippen molar-refractivity contribution in [2.45, 2.75) is 26.6 Å². The van der Waals surface area contributed by atoms with Gasteiger partial charge in [0.15, 0.2) is 0 Å². The summed E-state index contributed by atoms with van der Waals surface area (Å²) in [5.41, 5.74) is 5.08. The molecule has 0 bridgehead atoms. The first-order valence-electron chi connectivity index (χ1n) is 7.77. The van der Waals surface area contributed by atoms with Gasteiger partial charge in [-0.2, -0.15) is 0 Å². The third kappa shape index (κ3) is 3.32. The van der Waals surface area contributed by atoms with Gasteiger partial charge in [-0.1, -0.05) is 35.9 Å². The number of hydrogen-bond donors (Lipinski definition) is 1. The molecule has 1 saturated heterocycles. The van der Waals surface area contributed by atoms with Gasteiger partial charge in [-0.05, 0) is 45.2 Å². The van der Waals surface area contributed by atoms with Crippen LogP contribution in [0.15, 0.2) is 41.3 Å². The van der Waals surface area contributed by atoms with Gasteiger partial charge >= 0.3 is 7.05 Å². The zero-order valence-electron chi connectivity index (χ0n) is 13.1. The minimum atomic E-state index is -0.358. The topological polar surface area (TPSA) is 36.4 Å². The summed E-state index contributed by atoms with van der Waals surface area (Å²) in [6, 6.07) is 10.5. The number of aryl methyl sites for hydroxylation is 1. The van der Waals surface area contributed by atoms with Gasteiger partial charge in [-0.25, -0.2) is 4.98 Å². The van der Waals surface area contributed by atoms with E-state index in [1.807, 2.05) is 12.9 Å². The average Bonchev–Trinajstić information content (AvgIpc) is 2.95. The van der Waals surface area contributed by atoms with Crippen LogP contribution in [0.2, 0.25) is 6.82 Å². The zero-order valence-corrected chi connectivity index (χ0v) is 13.9. The van der Waals surface area contributed by atoms with E-state index in [4.69, 9.17) is 4.98 Å². The molecule has 0 unspecified atom stereocenters. The van der Waals surface area contributed by atoms with Crippen molar-refractivity contribution >= 4 is 24.0 Å². The van der Waals surface area contributed by atoms with Crippen molar-refractivity contribution in [2.75, 3.05) is 13.1 Å². The molecule has 1 aliphatic heterocycles. The fourth-order valence-electron chi connectivity index (χ4n) is 3.03. The second-order valence-corrected chi connectivity index (χ2v) is 6.83. The van der Waals surface area contributed by atoms with E-state index in [9.17, 15) is 5.02 Å². The Kier molecular flexibility index (Phi) is 4.76. The number of piperidine rings is 1. The van der Waals surface area contributed by atoms with Crippen molar-refractivity contribution in [3.63, 3.8) is 0 Å². The molecule has 1 N–H and O–H groups in total. The summed E-state index contributed by atoms with van der Waals surface area (Å²) in [5.74, 6) is 0. The van der Waals surface area contributed by atoms with Crippen LogP contribution in [0.1, 0.15) is 29.1 Å². The molecule has 114 valence electrons. The van der Waals surface area contributed by atoms with Crippen LogP contribution < -0.4 is 0 Å². The maximum Gasteiger partial charge on any atom is 0.376 e. The monoisotopic (exact) mass is 312 g/mol. The molecule has 0 atom stereocenters. The minimum absolute atomic E-state index is 0.358. The van der Waals surface area contributed by atoms with E-state index in [0.29, 0.717) is 0 Å². The quantitative estimate of drug-likeness (QED) is 0.882. The lowest BCUT2D eigenvalue weighted by Gasteiger charge is -2.30. The molecule has 0 aliphatic carbocycles. The van der Waals surface area contributed by atoms with Crippen LogP contribution in [-0.2, 0) is 0 Å². The fraction of sp³-hybridized carbons (Fsp3) is 0.353. The molecule has 1 fully saturated rings. The minimum Gasteiger partial charge on any atom is -0.437 e. The molecule has 22 heavy (non-hydrogen) atoms. The van der Waals surface area contributed by atoms with E-state index in [1.165, 1.54) is 16.7 Å². The van der Waals surface area contributed by atoms with Gasteiger partial charge in [0.05, 0.1) is 10.7 Å². The lowest BCUT2D eigenvalue weighted by atomic mass is 9.81. The molecule has 0 radical (unpaired) electrons. The number of aromatic nitrogens is 1. The van der Waals surface area contributed by atoms with Crippen LogP contribution in [0.4, 0.5) is 0 Å². The lowest BCUT2D eigenvalue weighted by Crippen LogP contribution is -2.41. The maximum atomic E-state index is 9.74. The molecule has 0 amide bonds. The van der Waals surface area contributed by atoms with Gasteiger partial charge in [-0.3, -0.25) is 0 Å². The van der Waals surface area contributed by atoms with E-state index in [2.05, 4.69) is 41.4 Å². The van der Waals surface area contributed by atoms with Crippen LogP contribution in [0.3, 0.4) is 0 Å². The van der Waals surface area contributed by atoms with Gasteiger partial charge in [0, 0.05) is 11.0 Å². The summed E-state index contributed by atoms with van der Waals surface area (Å²) < 4.78 is 0. The molecule has 0 spiro atoms. The van der Waals surface area contributed by atoms with Crippen molar-refractivity contribution in [3.05, 3.63) is 57.6 Å². The van der Waals surface area contributed by atoms with E-state index < -0.39 is 0 Å². The molecule has 2 heterocycles. The molecular weight excluding hydrogens is 291 g/mol. The largest absolute Gasteiger partial charge is 0.437 e. The normalized spacial score (nSPS) is 15.9. The SMILES string of the molecule is CB(O)N1CCC(=C(c2ccccc2)c2csc(C)n2)CC1. The first-order chi connectivity index (χ1) is 10.6. The Hall–Kier alpha value is -1.43. The molecule has 3 nitrogen and oxygen atoms in total. The number of hydrogen-bond acceptors (Lipinski definition) is 4. The Morgan fingerprint density at radius 1 is 1.23 bits per heavy atom. The number of rotatable bonds is 3. The maximum absolute atomic E-state index is 9.74. The first-order valence-corrected chi connectivity index (χ1v) is 8.65. The Morgan fingerprint density at radius 3 is 2.45 bits per heavy atom. The summed E-state index contributed by atoms with van der Waals surface area (Å²) in [4.78, 5) is 6.84. The van der Waals surface area contributed by atoms with E-state index >= 15 is 0 Å². The second-order valence-electron chi connectivity index (χ2n) is 5.76. The predicted molar refractivity (Wildman–Crippen MR) is 94.0 cm³/mol. The molecule has 5 heteroatoms. The summed E-state index contributed by atoms with van der Waals surface area (Å²) >= 11 is 1.70. The molecule has 1 aliphatic rings. The highest BCUT2D eigenvalue weighted by atomic mass is 32.1. The van der Waals surface area contributed by atoms with Crippen LogP contribution in [-0.4, -0.2) is 35.0 Å². The van der Waals surface area contributed by atoms with Crippen LogP contribution in [0.25, 0.3) is 5.57 Å². The zero-order chi connectivity index (χ0) is 15.5. The standard InChI is InChI=1S/C17H21BN2OS/c1-13-19-16(12-22-13)17(14-6-4-3-5-7-14)15-8-10-20(11-9-15)18(2)21/h3-7,12,21H,8-11H2,1-2H3. The molecule has 0 saturated carbocycles. The lowest BCUT2D eigenvalue weighted by molar-refractivity contribution is 0.345. The highest BCUT2D eigenvalue weighted by molar-refractivity contribution is 7.09. The van der Waals surface area contributed by atoms with Crippen molar-refractivity contribution in [1.82, 2.24) is 9.79 Å². The van der Waals surface area contributed by atoms with Gasteiger partial charge in [-0.15, -0.1) is 11.3 Å². The predicted octanol–water partition coefficient (Wildman–Crippen LogP) is 3.46. The van der Waals surface area contributed by atoms with Gasteiger partial charge in [0.2, 0.25) is 0 Å². The molecule has 1 aromatic carbocycles. The number of nitrogens with zero attached hydrogens (tertiary/aromatic N) is 2. The Labute approximate surface area is 136 Å². The average molecular weight is 312 g/mol. The smallest absolute Gasteiger partial charge is 0.376 e. The summed E-state index contributed by atoms with van der Waals surface area (Å²) in [6.07, 6.45) is 1.98. The van der Waals surface area contributed by atoms with Crippen molar-refractivity contribution in [1.29, 1.82) is 0 Å². The third-order valence-electron chi connectivity index (χ3n) is 4.22. The molecule has 1 aromatic heterocycles. The van der Waals surface area contributed by atoms with Gasteiger partial charge < -0.3 is 9.83 Å². The van der Waals surface area contributed by atoms with Crippen LogP contribution in [0, 0.1) is 6.92 Å². The highest BCUT2D eigenvalue weighted by Crippen LogP contribution is 2.32.